The van der Waals surface area contributed by atoms with Crippen molar-refractivity contribution in [3.05, 3.63) is 0 Å². The van der Waals surface area contributed by atoms with Gasteiger partial charge in [0.25, 0.3) is 0 Å². The molecule has 10 nitrogen and oxygen atoms in total. The van der Waals surface area contributed by atoms with Crippen LogP contribution >= 0.6 is 70.6 Å². The zero-order chi connectivity index (χ0) is 33.1. The number of thioether (sulfide) groups is 6. The third kappa shape index (κ3) is 80.2. The fraction of sp³-hybridized carbons (Fsp3) is 1.00. The van der Waals surface area contributed by atoms with Gasteiger partial charge in [-0.2, -0.15) is 70.6 Å². The molecule has 0 heterocycles. The topological polar surface area (TPSA) is 191 Å². The summed E-state index contributed by atoms with van der Waals surface area (Å²) in [4.78, 5) is 5.27. The fourth-order valence-corrected chi connectivity index (χ4v) is 6.75. The summed E-state index contributed by atoms with van der Waals surface area (Å²) in [5, 5.41) is 0. The van der Waals surface area contributed by atoms with Crippen molar-refractivity contribution in [3.63, 3.8) is 0 Å². The van der Waals surface area contributed by atoms with Gasteiger partial charge in [0.2, 0.25) is 0 Å². The van der Waals surface area contributed by atoms with Gasteiger partial charge in [-0.05, 0) is 34.5 Å². The van der Waals surface area contributed by atoms with E-state index in [9.17, 15) is 0 Å². The van der Waals surface area contributed by atoms with E-state index in [2.05, 4.69) is 122 Å². The molecule has 0 rings (SSSR count). The smallest absolute Gasteiger partial charge is 0.301 e. The SMILES string of the molecule is CCSCCN(CCSCC)CCSCC.CCSCCN(CCSCC)CCSCC.[Cu+].[Cu+].[O-][Cl+3]([O-])([O-])[O-].[O-][Cl+3]([O-])([O-])[O-]. The molecule has 0 saturated carbocycles. The van der Waals surface area contributed by atoms with Crippen molar-refractivity contribution in [1.82, 2.24) is 9.80 Å². The Balaban J connectivity index is -0.000000121. The Morgan fingerprint density at radius 3 is 0.545 bits per heavy atom. The quantitative estimate of drug-likeness (QED) is 0.0735. The van der Waals surface area contributed by atoms with Crippen LogP contribution in [0, 0.1) is 20.5 Å². The molecule has 0 aliphatic heterocycles. The van der Waals surface area contributed by atoms with Gasteiger partial charge in [-0.3, -0.25) is 0 Å². The van der Waals surface area contributed by atoms with E-state index in [0.29, 0.717) is 0 Å². The average molecular weight is 889 g/mol. The molecule has 0 unspecified atom stereocenters. The van der Waals surface area contributed by atoms with Crippen molar-refractivity contribution in [2.75, 3.05) is 108 Å². The molecule has 0 aromatic heterocycles. The maximum absolute atomic E-state index is 8.49. The van der Waals surface area contributed by atoms with Gasteiger partial charge in [-0.25, -0.2) is 37.3 Å². The van der Waals surface area contributed by atoms with Crippen molar-refractivity contribution in [1.29, 1.82) is 0 Å². The molecule has 0 bridgehead atoms. The fourth-order valence-electron chi connectivity index (χ4n) is 2.70. The molecular weight excluding hydrogens is 835 g/mol. The van der Waals surface area contributed by atoms with Crippen LogP contribution in [0.25, 0.3) is 0 Å². The van der Waals surface area contributed by atoms with Crippen LogP contribution in [0.2, 0.25) is 0 Å². The van der Waals surface area contributed by atoms with Gasteiger partial charge in [0.1, 0.15) is 0 Å². The van der Waals surface area contributed by atoms with Crippen LogP contribution in [0.5, 0.6) is 0 Å². The minimum Gasteiger partial charge on any atom is -0.301 e. The van der Waals surface area contributed by atoms with E-state index >= 15 is 0 Å². The monoisotopic (exact) mass is 886 g/mol. The minimum atomic E-state index is -4.94. The average Bonchev–Trinajstić information content (AvgIpc) is 2.87. The Kier molecular flexibility index (Phi) is 62.6. The molecule has 44 heavy (non-hydrogen) atoms. The Hall–Kier alpha value is 3.32. The maximum Gasteiger partial charge on any atom is 1.00 e. The number of halogens is 2. The molecule has 0 atom stereocenters. The van der Waals surface area contributed by atoms with Gasteiger partial charge in [-0.1, -0.05) is 41.5 Å². The first-order valence-corrected chi connectivity index (χ1v) is 23.2. The molecule has 0 N–H and O–H groups in total. The van der Waals surface area contributed by atoms with E-state index in [4.69, 9.17) is 37.3 Å². The van der Waals surface area contributed by atoms with E-state index in [-0.39, 0.29) is 34.1 Å². The molecule has 280 valence electrons. The maximum atomic E-state index is 8.49. The molecule has 0 aromatic carbocycles. The number of nitrogens with zero attached hydrogens (tertiary/aromatic N) is 2. The van der Waals surface area contributed by atoms with Crippen molar-refractivity contribution in [2.45, 2.75) is 41.5 Å². The van der Waals surface area contributed by atoms with E-state index in [1.165, 1.54) is 108 Å². The zero-order valence-electron chi connectivity index (χ0n) is 26.7. The molecular formula is C24H54Cl2Cu2N2O8S6. The van der Waals surface area contributed by atoms with Gasteiger partial charge in [-0.15, -0.1) is 20.5 Å². The molecule has 0 aliphatic rings. The van der Waals surface area contributed by atoms with Crippen molar-refractivity contribution in [2.24, 2.45) is 0 Å². The largest absolute Gasteiger partial charge is 1.00 e. The van der Waals surface area contributed by atoms with Crippen LogP contribution in [-0.4, -0.2) is 118 Å². The zero-order valence-corrected chi connectivity index (χ0v) is 35.0. The molecule has 0 saturated heterocycles. The third-order valence-electron chi connectivity index (χ3n) is 4.54. The van der Waals surface area contributed by atoms with Crippen molar-refractivity contribution >= 4 is 70.6 Å². The van der Waals surface area contributed by atoms with Gasteiger partial charge in [0.15, 0.2) is 0 Å². The van der Waals surface area contributed by atoms with Gasteiger partial charge < -0.3 is 9.80 Å². The Labute approximate surface area is 319 Å². The van der Waals surface area contributed by atoms with Crippen molar-refractivity contribution in [3.8, 4) is 0 Å². The van der Waals surface area contributed by atoms with Crippen LogP contribution in [0.15, 0.2) is 0 Å². The number of rotatable bonds is 24. The summed E-state index contributed by atoms with van der Waals surface area (Å²) < 4.78 is 67.9. The summed E-state index contributed by atoms with van der Waals surface area (Å²) in [5.41, 5.74) is 0. The van der Waals surface area contributed by atoms with E-state index in [1.807, 2.05) is 0 Å². The van der Waals surface area contributed by atoms with Gasteiger partial charge in [0.05, 0.1) is 0 Å². The Morgan fingerprint density at radius 2 is 0.455 bits per heavy atom. The molecule has 0 spiro atoms. The Morgan fingerprint density at radius 1 is 0.341 bits per heavy atom. The molecule has 0 fully saturated rings. The second-order valence-electron chi connectivity index (χ2n) is 7.62. The van der Waals surface area contributed by atoms with Crippen molar-refractivity contribution < 1.29 is 91.9 Å². The molecule has 0 aromatic rings. The first-order valence-electron chi connectivity index (χ1n) is 13.8. The van der Waals surface area contributed by atoms with Crippen LogP contribution in [-0.2, 0) is 34.1 Å². The second kappa shape index (κ2) is 46.3. The molecule has 0 amide bonds. The molecule has 20 heteroatoms. The summed E-state index contributed by atoms with van der Waals surface area (Å²) in [6.45, 7) is 21.1. The van der Waals surface area contributed by atoms with Crippen LogP contribution in [0.3, 0.4) is 0 Å². The first-order chi connectivity index (χ1) is 19.7. The summed E-state index contributed by atoms with van der Waals surface area (Å²) in [6, 6.07) is 0. The van der Waals surface area contributed by atoms with Gasteiger partial charge in [0, 0.05) is 73.8 Å². The molecule has 0 radical (unpaired) electrons. The minimum absolute atomic E-state index is 0. The summed E-state index contributed by atoms with van der Waals surface area (Å²) in [6.07, 6.45) is 0. The van der Waals surface area contributed by atoms with Crippen LogP contribution in [0.1, 0.15) is 41.5 Å². The first kappa shape index (κ1) is 59.5. The number of hydrogen-bond acceptors (Lipinski definition) is 16. The summed E-state index contributed by atoms with van der Waals surface area (Å²) >= 11 is 12.4. The third-order valence-corrected chi connectivity index (χ3v) is 9.81. The predicted molar refractivity (Wildman–Crippen MR) is 171 cm³/mol. The van der Waals surface area contributed by atoms with E-state index in [0.717, 1.165) is 0 Å². The van der Waals surface area contributed by atoms with Crippen LogP contribution in [0.4, 0.5) is 0 Å². The standard InChI is InChI=1S/2C12H27NS3.2ClHO4.2Cu/c2*1-4-14-10-7-13(8-11-15-5-2)9-12-16-6-3;2*2-1(3,4)5;;/h2*4-12H2,1-3H3;2*(H,2,3,4,5);;/q;;;;2*+1/p-2. The summed E-state index contributed by atoms with van der Waals surface area (Å²) in [7, 11) is -9.89. The normalized spacial score (nSPS) is 10.9. The number of hydrogen-bond donors (Lipinski definition) is 0. The predicted octanol–water partition coefficient (Wildman–Crippen LogP) is -2.42. The van der Waals surface area contributed by atoms with E-state index < -0.39 is 20.5 Å². The second-order valence-corrected chi connectivity index (χ2v) is 17.5. The summed E-state index contributed by atoms with van der Waals surface area (Å²) in [5.74, 6) is 15.3. The Bertz CT molecular complexity index is 417. The van der Waals surface area contributed by atoms with Gasteiger partial charge >= 0.3 is 34.1 Å². The molecule has 0 aliphatic carbocycles. The van der Waals surface area contributed by atoms with E-state index in [1.54, 1.807) is 0 Å². The van der Waals surface area contributed by atoms with Crippen LogP contribution < -0.4 is 37.3 Å².